The van der Waals surface area contributed by atoms with Crippen molar-refractivity contribution in [2.24, 2.45) is 5.73 Å². The van der Waals surface area contributed by atoms with E-state index in [1.54, 1.807) is 12.4 Å². The van der Waals surface area contributed by atoms with Crippen LogP contribution in [0.4, 0.5) is 10.5 Å². The summed E-state index contributed by atoms with van der Waals surface area (Å²) in [6, 6.07) is 11.5. The van der Waals surface area contributed by atoms with Crippen LogP contribution in [0.1, 0.15) is 37.1 Å². The zero-order valence-electron chi connectivity index (χ0n) is 12.2. The average Bonchev–Trinajstić information content (AvgIpc) is 2.48. The van der Waals surface area contributed by atoms with E-state index in [9.17, 15) is 4.79 Å². The Balaban J connectivity index is 2.00. The molecule has 0 aliphatic heterocycles. The van der Waals surface area contributed by atoms with E-state index in [2.05, 4.69) is 29.5 Å². The quantitative estimate of drug-likeness (QED) is 0.789. The predicted molar refractivity (Wildman–Crippen MR) is 83.9 cm³/mol. The van der Waals surface area contributed by atoms with Gasteiger partial charge in [-0.15, -0.1) is 0 Å². The Morgan fingerprint density at radius 3 is 2.05 bits per heavy atom. The van der Waals surface area contributed by atoms with Crippen molar-refractivity contribution in [2.75, 3.05) is 5.32 Å². The minimum absolute atomic E-state index is 0.191. The maximum atomic E-state index is 10.8. The van der Waals surface area contributed by atoms with Crippen molar-refractivity contribution in [1.29, 1.82) is 0 Å². The molecule has 21 heavy (non-hydrogen) atoms. The van der Waals surface area contributed by atoms with Gasteiger partial charge in [0.2, 0.25) is 0 Å². The lowest BCUT2D eigenvalue weighted by molar-refractivity contribution is 0.259. The fraction of sp³-hybridized carbons (Fsp3) is 0.250. The van der Waals surface area contributed by atoms with Gasteiger partial charge in [-0.2, -0.15) is 0 Å². The first-order valence-electron chi connectivity index (χ1n) is 6.88. The summed E-state index contributed by atoms with van der Waals surface area (Å²) in [5.74, 6) is 0. The highest BCUT2D eigenvalue weighted by molar-refractivity contribution is 5.87. The van der Waals surface area contributed by atoms with E-state index >= 15 is 0 Å². The molecule has 2 amide bonds. The van der Waals surface area contributed by atoms with Crippen molar-refractivity contribution in [3.8, 4) is 0 Å². The molecule has 5 heteroatoms. The second-order valence-electron chi connectivity index (χ2n) is 5.00. The van der Waals surface area contributed by atoms with Crippen molar-refractivity contribution < 1.29 is 4.79 Å². The minimum atomic E-state index is -0.555. The molecule has 0 spiro atoms. The molecule has 0 aliphatic carbocycles. The molecule has 0 aliphatic rings. The van der Waals surface area contributed by atoms with Gasteiger partial charge in [0, 0.05) is 30.2 Å². The van der Waals surface area contributed by atoms with Crippen molar-refractivity contribution in [3.63, 3.8) is 0 Å². The molecular weight excluding hydrogens is 264 g/mol. The van der Waals surface area contributed by atoms with E-state index in [4.69, 9.17) is 5.73 Å². The first-order valence-corrected chi connectivity index (χ1v) is 6.88. The first kappa shape index (κ1) is 15.0. The zero-order chi connectivity index (χ0) is 15.2. The molecule has 0 radical (unpaired) electrons. The summed E-state index contributed by atoms with van der Waals surface area (Å²) < 4.78 is 0. The molecule has 1 aromatic carbocycles. The fourth-order valence-corrected chi connectivity index (χ4v) is 2.22. The van der Waals surface area contributed by atoms with Crippen LogP contribution >= 0.6 is 0 Å². The van der Waals surface area contributed by atoms with Crippen molar-refractivity contribution in [3.05, 3.63) is 59.9 Å². The number of aromatic nitrogens is 1. The maximum absolute atomic E-state index is 10.8. The standard InChI is InChI=1S/C16H20N4O/c1-11(19-12(2)14-7-9-18-10-8-14)13-3-5-15(6-4-13)20-16(17)21/h3-12,19H,1-2H3,(H3,17,20,21)/t11?,12-/m1/s1. The molecule has 1 heterocycles. The van der Waals surface area contributed by atoms with Crippen LogP contribution in [0.5, 0.6) is 0 Å². The van der Waals surface area contributed by atoms with Gasteiger partial charge in [-0.25, -0.2) is 4.79 Å². The van der Waals surface area contributed by atoms with Gasteiger partial charge in [0.05, 0.1) is 0 Å². The summed E-state index contributed by atoms with van der Waals surface area (Å²) in [4.78, 5) is 14.8. The summed E-state index contributed by atoms with van der Waals surface area (Å²) >= 11 is 0. The molecule has 2 rings (SSSR count). The van der Waals surface area contributed by atoms with Crippen LogP contribution in [0.25, 0.3) is 0 Å². The highest BCUT2D eigenvalue weighted by atomic mass is 16.2. The minimum Gasteiger partial charge on any atom is -0.351 e. The molecule has 0 bridgehead atoms. The van der Waals surface area contributed by atoms with E-state index < -0.39 is 6.03 Å². The molecule has 1 aromatic heterocycles. The van der Waals surface area contributed by atoms with Gasteiger partial charge in [-0.1, -0.05) is 12.1 Å². The molecule has 0 saturated heterocycles. The van der Waals surface area contributed by atoms with Crippen LogP contribution in [-0.4, -0.2) is 11.0 Å². The van der Waals surface area contributed by atoms with E-state index in [1.165, 1.54) is 5.56 Å². The summed E-state index contributed by atoms with van der Waals surface area (Å²) in [5, 5.41) is 6.08. The maximum Gasteiger partial charge on any atom is 0.316 e. The smallest absolute Gasteiger partial charge is 0.316 e. The Morgan fingerprint density at radius 2 is 1.52 bits per heavy atom. The molecule has 2 aromatic rings. The molecular formula is C16H20N4O. The van der Waals surface area contributed by atoms with Crippen molar-refractivity contribution >= 4 is 11.7 Å². The number of amides is 2. The van der Waals surface area contributed by atoms with Gasteiger partial charge in [-0.3, -0.25) is 4.98 Å². The number of carbonyl (C=O) groups is 1. The number of hydrogen-bond donors (Lipinski definition) is 3. The number of pyridine rings is 1. The Hall–Kier alpha value is -2.40. The Bertz CT molecular complexity index is 583. The number of urea groups is 1. The molecule has 0 saturated carbocycles. The van der Waals surface area contributed by atoms with Crippen molar-refractivity contribution in [2.45, 2.75) is 25.9 Å². The predicted octanol–water partition coefficient (Wildman–Crippen LogP) is 2.98. The van der Waals surface area contributed by atoms with Crippen LogP contribution in [0.3, 0.4) is 0 Å². The Morgan fingerprint density at radius 1 is 1.00 bits per heavy atom. The van der Waals surface area contributed by atoms with Crippen LogP contribution in [0.15, 0.2) is 48.8 Å². The van der Waals surface area contributed by atoms with Gasteiger partial charge in [0.15, 0.2) is 0 Å². The number of anilines is 1. The highest BCUT2D eigenvalue weighted by Gasteiger charge is 2.11. The number of nitrogens with one attached hydrogen (secondary N) is 2. The number of rotatable bonds is 5. The first-order chi connectivity index (χ1) is 10.1. The van der Waals surface area contributed by atoms with Gasteiger partial charge in [0.1, 0.15) is 0 Å². The second-order valence-corrected chi connectivity index (χ2v) is 5.00. The number of nitrogens with zero attached hydrogens (tertiary/aromatic N) is 1. The van der Waals surface area contributed by atoms with Crippen LogP contribution < -0.4 is 16.4 Å². The van der Waals surface area contributed by atoms with E-state index in [-0.39, 0.29) is 12.1 Å². The Labute approximate surface area is 124 Å². The monoisotopic (exact) mass is 284 g/mol. The second kappa shape index (κ2) is 6.85. The van der Waals surface area contributed by atoms with Crippen molar-refractivity contribution in [1.82, 2.24) is 10.3 Å². The third kappa shape index (κ3) is 4.29. The molecule has 110 valence electrons. The molecule has 5 nitrogen and oxygen atoms in total. The number of benzene rings is 1. The summed E-state index contributed by atoms with van der Waals surface area (Å²) in [6.07, 6.45) is 3.59. The summed E-state index contributed by atoms with van der Waals surface area (Å²) in [6.45, 7) is 4.23. The lowest BCUT2D eigenvalue weighted by Crippen LogP contribution is -2.22. The number of nitrogens with two attached hydrogens (primary N) is 1. The summed E-state index contributed by atoms with van der Waals surface area (Å²) in [7, 11) is 0. The number of primary amides is 1. The van der Waals surface area contributed by atoms with Crippen LogP contribution in [0.2, 0.25) is 0 Å². The number of carbonyl (C=O) groups excluding carboxylic acids is 1. The summed E-state index contributed by atoms with van der Waals surface area (Å²) in [5.41, 5.74) is 8.12. The van der Waals surface area contributed by atoms with Gasteiger partial charge in [-0.05, 0) is 49.2 Å². The molecule has 1 unspecified atom stereocenters. The third-order valence-corrected chi connectivity index (χ3v) is 3.38. The molecule has 0 fully saturated rings. The normalized spacial score (nSPS) is 13.4. The zero-order valence-corrected chi connectivity index (χ0v) is 12.2. The van der Waals surface area contributed by atoms with Gasteiger partial charge in [0.25, 0.3) is 0 Å². The van der Waals surface area contributed by atoms with Crippen LogP contribution in [-0.2, 0) is 0 Å². The van der Waals surface area contributed by atoms with E-state index in [1.807, 2.05) is 36.4 Å². The highest BCUT2D eigenvalue weighted by Crippen LogP contribution is 2.20. The third-order valence-electron chi connectivity index (χ3n) is 3.38. The average molecular weight is 284 g/mol. The van der Waals surface area contributed by atoms with Gasteiger partial charge >= 0.3 is 6.03 Å². The molecule has 4 N–H and O–H groups in total. The number of hydrogen-bond acceptors (Lipinski definition) is 3. The lowest BCUT2D eigenvalue weighted by Gasteiger charge is -2.21. The molecule has 2 atom stereocenters. The van der Waals surface area contributed by atoms with Gasteiger partial charge < -0.3 is 16.4 Å². The van der Waals surface area contributed by atoms with E-state index in [0.717, 1.165) is 5.56 Å². The largest absolute Gasteiger partial charge is 0.351 e. The Kier molecular flexibility index (Phi) is 4.90. The fourth-order valence-electron chi connectivity index (χ4n) is 2.22. The van der Waals surface area contributed by atoms with E-state index in [0.29, 0.717) is 5.69 Å². The van der Waals surface area contributed by atoms with Crippen LogP contribution in [0, 0.1) is 0 Å². The lowest BCUT2D eigenvalue weighted by atomic mass is 10.0. The SMILES string of the molecule is CC(N[C@H](C)c1ccncc1)c1ccc(NC(N)=O)cc1. The topological polar surface area (TPSA) is 80.0 Å².